The second-order valence-electron chi connectivity index (χ2n) is 9.33. The van der Waals surface area contributed by atoms with Crippen LogP contribution in [-0.4, -0.2) is 57.4 Å². The van der Waals surface area contributed by atoms with Crippen LogP contribution in [-0.2, 0) is 19.6 Å². The average Bonchev–Trinajstić information content (AvgIpc) is 2.81. The molecule has 2 aliphatic heterocycles. The molecular weight excluding hydrogens is 488 g/mol. The summed E-state index contributed by atoms with van der Waals surface area (Å²) in [4.78, 5) is 28.3. The summed E-state index contributed by atoms with van der Waals surface area (Å²) in [5, 5.41) is 6.14. The van der Waals surface area contributed by atoms with Crippen molar-refractivity contribution in [3.05, 3.63) is 52.5 Å². The molecule has 2 unspecified atom stereocenters. The third-order valence-electron chi connectivity index (χ3n) is 6.81. The fourth-order valence-electron chi connectivity index (χ4n) is 4.75. The lowest BCUT2D eigenvalue weighted by Crippen LogP contribution is -2.53. The number of aryl methyl sites for hydroxylation is 2. The van der Waals surface area contributed by atoms with Crippen LogP contribution in [0.15, 0.2) is 41.3 Å². The predicted molar refractivity (Wildman–Crippen MR) is 137 cm³/mol. The molecule has 1 fully saturated rings. The summed E-state index contributed by atoms with van der Waals surface area (Å²) >= 11 is 6.20. The van der Waals surface area contributed by atoms with Gasteiger partial charge in [0.1, 0.15) is 6.04 Å². The Hall–Kier alpha value is -2.62. The van der Waals surface area contributed by atoms with Crippen molar-refractivity contribution in [1.82, 2.24) is 10.2 Å². The molecule has 2 aromatic carbocycles. The van der Waals surface area contributed by atoms with Gasteiger partial charge in [-0.2, -0.15) is 0 Å². The van der Waals surface area contributed by atoms with Gasteiger partial charge < -0.3 is 15.5 Å². The maximum Gasteiger partial charge on any atom is 0.265 e. The van der Waals surface area contributed by atoms with Gasteiger partial charge in [0.15, 0.2) is 0 Å². The minimum atomic E-state index is -4.19. The van der Waals surface area contributed by atoms with Gasteiger partial charge in [-0.05, 0) is 75.7 Å². The van der Waals surface area contributed by atoms with E-state index in [1.807, 2.05) is 7.05 Å². The van der Waals surface area contributed by atoms with Crippen molar-refractivity contribution >= 4 is 44.8 Å². The maximum atomic E-state index is 14.0. The summed E-state index contributed by atoms with van der Waals surface area (Å²) in [5.41, 5.74) is 1.78. The number of nitrogens with zero attached hydrogens (tertiary/aromatic N) is 2. The number of fused-ring (bicyclic) bond motifs is 1. The molecule has 0 aliphatic carbocycles. The van der Waals surface area contributed by atoms with E-state index in [-0.39, 0.29) is 23.3 Å². The zero-order chi connectivity index (χ0) is 25.3. The number of likely N-dealkylation sites (N-methyl/N-ethyl adjacent to an activating group) is 1. The highest BCUT2D eigenvalue weighted by Crippen LogP contribution is 2.38. The van der Waals surface area contributed by atoms with Crippen molar-refractivity contribution in [2.75, 3.05) is 29.8 Å². The molecule has 2 aliphatic rings. The fourth-order valence-corrected chi connectivity index (χ4v) is 6.90. The van der Waals surface area contributed by atoms with Crippen LogP contribution in [0.5, 0.6) is 0 Å². The normalized spacial score (nSPS) is 20.8. The molecule has 2 aromatic rings. The van der Waals surface area contributed by atoms with Gasteiger partial charge in [0, 0.05) is 17.6 Å². The molecule has 0 radical (unpaired) electrons. The fraction of sp³-hybridized carbons (Fsp3) is 0.440. The van der Waals surface area contributed by atoms with Crippen LogP contribution in [0, 0.1) is 13.8 Å². The smallest absolute Gasteiger partial charge is 0.265 e. The molecular formula is C25H31ClN4O4S. The van der Waals surface area contributed by atoms with Crippen LogP contribution < -0.4 is 14.9 Å². The molecule has 4 rings (SSSR count). The Morgan fingerprint density at radius 2 is 1.91 bits per heavy atom. The number of para-hydroxylation sites is 2. The van der Waals surface area contributed by atoms with Crippen LogP contribution in [0.3, 0.4) is 0 Å². The Balaban J connectivity index is 1.66. The summed E-state index contributed by atoms with van der Waals surface area (Å²) in [5.74, 6) is -0.909. The molecule has 2 atom stereocenters. The number of sulfonamides is 1. The molecule has 0 spiro atoms. The van der Waals surface area contributed by atoms with E-state index in [2.05, 4.69) is 15.5 Å². The number of amides is 2. The van der Waals surface area contributed by atoms with Crippen LogP contribution in [0.2, 0.25) is 5.02 Å². The van der Waals surface area contributed by atoms with E-state index >= 15 is 0 Å². The van der Waals surface area contributed by atoms with E-state index < -0.39 is 22.0 Å². The molecule has 8 nitrogen and oxygen atoms in total. The zero-order valence-corrected chi connectivity index (χ0v) is 21.7. The average molecular weight is 519 g/mol. The van der Waals surface area contributed by atoms with E-state index in [0.717, 1.165) is 30.1 Å². The molecule has 2 amide bonds. The lowest BCUT2D eigenvalue weighted by molar-refractivity contribution is -0.125. The molecule has 0 aromatic heterocycles. The molecule has 0 bridgehead atoms. The number of piperidine rings is 1. The standard InChI is InChI=1S/C25H31ClN4O4S/c1-16-13-23(17(2)12-19(16)26)35(33,34)30-21-10-5-4-9-20(21)28-25(32)22(30)14-24(31)27-15-18-8-6-7-11-29(18)3/h4-5,9-10,12-13,18,22H,6-8,11,14-15H2,1-3H3,(H,27,31)(H,28,32). The molecule has 1 saturated heterocycles. The second-order valence-corrected chi connectivity index (χ2v) is 11.5. The maximum absolute atomic E-state index is 14.0. The van der Waals surface area contributed by atoms with Crippen LogP contribution in [0.4, 0.5) is 11.4 Å². The number of rotatable bonds is 6. The van der Waals surface area contributed by atoms with Gasteiger partial charge >= 0.3 is 0 Å². The first-order valence-corrected chi connectivity index (χ1v) is 13.6. The minimum absolute atomic E-state index is 0.0538. The van der Waals surface area contributed by atoms with E-state index in [4.69, 9.17) is 11.6 Å². The highest BCUT2D eigenvalue weighted by atomic mass is 35.5. The lowest BCUT2D eigenvalue weighted by atomic mass is 10.0. The second kappa shape index (κ2) is 10.2. The third-order valence-corrected chi connectivity index (χ3v) is 9.19. The summed E-state index contributed by atoms with van der Waals surface area (Å²) in [6, 6.07) is 8.81. The van der Waals surface area contributed by atoms with Gasteiger partial charge in [-0.1, -0.05) is 30.2 Å². The van der Waals surface area contributed by atoms with E-state index in [1.54, 1.807) is 44.2 Å². The van der Waals surface area contributed by atoms with Crippen molar-refractivity contribution in [1.29, 1.82) is 0 Å². The number of likely N-dealkylation sites (tertiary alicyclic amines) is 1. The number of halogens is 1. The van der Waals surface area contributed by atoms with E-state index in [0.29, 0.717) is 34.1 Å². The number of benzene rings is 2. The molecule has 10 heteroatoms. The van der Waals surface area contributed by atoms with Crippen molar-refractivity contribution in [2.24, 2.45) is 0 Å². The minimum Gasteiger partial charge on any atom is -0.354 e. The third kappa shape index (κ3) is 5.17. The Morgan fingerprint density at radius 3 is 2.66 bits per heavy atom. The number of hydrogen-bond donors (Lipinski definition) is 2. The molecule has 0 saturated carbocycles. The topological polar surface area (TPSA) is 98.8 Å². The molecule has 2 N–H and O–H groups in total. The summed E-state index contributed by atoms with van der Waals surface area (Å²) in [6.07, 6.45) is 2.95. The molecule has 2 heterocycles. The predicted octanol–water partition coefficient (Wildman–Crippen LogP) is 3.46. The Kier molecular flexibility index (Phi) is 7.40. The van der Waals surface area contributed by atoms with Crippen molar-refractivity contribution < 1.29 is 18.0 Å². The summed E-state index contributed by atoms with van der Waals surface area (Å²) in [7, 11) is -2.16. The number of carbonyl (C=O) groups is 2. The van der Waals surface area contributed by atoms with Crippen LogP contribution in [0.25, 0.3) is 0 Å². The lowest BCUT2D eigenvalue weighted by Gasteiger charge is -2.37. The first-order valence-electron chi connectivity index (χ1n) is 11.8. The van der Waals surface area contributed by atoms with Gasteiger partial charge in [0.05, 0.1) is 22.7 Å². The van der Waals surface area contributed by atoms with Crippen LogP contribution in [0.1, 0.15) is 36.8 Å². The number of nitrogens with one attached hydrogen (secondary N) is 2. The van der Waals surface area contributed by atoms with E-state index in [1.165, 1.54) is 6.07 Å². The van der Waals surface area contributed by atoms with Gasteiger partial charge in [-0.15, -0.1) is 0 Å². The number of anilines is 2. The van der Waals surface area contributed by atoms with Gasteiger partial charge in [0.25, 0.3) is 10.0 Å². The monoisotopic (exact) mass is 518 g/mol. The largest absolute Gasteiger partial charge is 0.354 e. The highest BCUT2D eigenvalue weighted by molar-refractivity contribution is 7.93. The highest BCUT2D eigenvalue weighted by Gasteiger charge is 2.42. The summed E-state index contributed by atoms with van der Waals surface area (Å²) in [6.45, 7) is 4.83. The van der Waals surface area contributed by atoms with Crippen LogP contribution >= 0.6 is 11.6 Å². The Labute approximate surface area is 211 Å². The molecule has 188 valence electrons. The first-order chi connectivity index (χ1) is 16.6. The Bertz CT molecular complexity index is 1250. The number of hydrogen-bond acceptors (Lipinski definition) is 5. The number of carbonyl (C=O) groups excluding carboxylic acids is 2. The summed E-state index contributed by atoms with van der Waals surface area (Å²) < 4.78 is 29.1. The SMILES string of the molecule is Cc1cc(S(=O)(=O)N2c3ccccc3NC(=O)C2CC(=O)NCC2CCCCN2C)c(C)cc1Cl. The molecule has 35 heavy (non-hydrogen) atoms. The Morgan fingerprint density at radius 1 is 1.17 bits per heavy atom. The zero-order valence-electron chi connectivity index (χ0n) is 20.2. The quantitative estimate of drug-likeness (QED) is 0.610. The van der Waals surface area contributed by atoms with Gasteiger partial charge in [0.2, 0.25) is 11.8 Å². The van der Waals surface area contributed by atoms with Gasteiger partial charge in [-0.3, -0.25) is 13.9 Å². The van der Waals surface area contributed by atoms with Crippen molar-refractivity contribution in [3.8, 4) is 0 Å². The van der Waals surface area contributed by atoms with Crippen molar-refractivity contribution in [3.63, 3.8) is 0 Å². The van der Waals surface area contributed by atoms with Crippen molar-refractivity contribution in [2.45, 2.75) is 56.5 Å². The first kappa shape index (κ1) is 25.5. The van der Waals surface area contributed by atoms with E-state index in [9.17, 15) is 18.0 Å². The van der Waals surface area contributed by atoms with Gasteiger partial charge in [-0.25, -0.2) is 8.42 Å².